The van der Waals surface area contributed by atoms with E-state index in [1.54, 1.807) is 44.2 Å². The second kappa shape index (κ2) is 18.5. The summed E-state index contributed by atoms with van der Waals surface area (Å²) in [7, 11) is -1.34. The molecule has 0 bridgehead atoms. The topological polar surface area (TPSA) is 157 Å². The molecule has 2 N–H and O–H groups in total. The lowest BCUT2D eigenvalue weighted by Crippen LogP contribution is -2.30. The fourth-order valence-electron chi connectivity index (χ4n) is 3.93. The van der Waals surface area contributed by atoms with E-state index >= 15 is 0 Å². The number of phosphoric acid groups is 1. The number of ether oxygens (including phenoxy) is 4. The van der Waals surface area contributed by atoms with Gasteiger partial charge in [-0.1, -0.05) is 6.07 Å². The largest absolute Gasteiger partial charge is 0.496 e. The normalized spacial score (nSPS) is 11.8. The number of carbonyl (C=O) groups excluding carboxylic acids is 1. The van der Waals surface area contributed by atoms with Gasteiger partial charge in [0, 0.05) is 24.1 Å². The van der Waals surface area contributed by atoms with Gasteiger partial charge in [0.15, 0.2) is 9.84 Å². The molecule has 0 radical (unpaired) electrons. The van der Waals surface area contributed by atoms with Crippen molar-refractivity contribution in [2.75, 3.05) is 66.7 Å². The molecule has 2 rings (SSSR count). The molecule has 0 aliphatic rings. The molecule has 0 aromatic heterocycles. The summed E-state index contributed by atoms with van der Waals surface area (Å²) in [6.45, 7) is 4.28. The van der Waals surface area contributed by atoms with E-state index in [9.17, 15) is 17.8 Å². The summed E-state index contributed by atoms with van der Waals surface area (Å²) in [5, 5.41) is 6.89. The number of unbranched alkanes of at least 4 members (excludes halogenated alkanes) is 1. The number of sulfone groups is 1. The number of hydrogen-bond acceptors (Lipinski definition) is 12. The molecule has 44 heavy (non-hydrogen) atoms. The zero-order valence-corrected chi connectivity index (χ0v) is 27.8. The van der Waals surface area contributed by atoms with Gasteiger partial charge in [0.05, 0.1) is 71.8 Å². The maximum Gasteiger partial charge on any atom is 0.474 e. The highest BCUT2D eigenvalue weighted by atomic mass is 32.2. The first-order valence-electron chi connectivity index (χ1n) is 14.0. The minimum absolute atomic E-state index is 0.0656. The number of rotatable bonds is 21. The zero-order valence-electron chi connectivity index (χ0n) is 26.0. The first-order chi connectivity index (χ1) is 21.0. The average Bonchev–Trinajstić information content (AvgIpc) is 3.00. The Morgan fingerprint density at radius 3 is 2.07 bits per heavy atom. The van der Waals surface area contributed by atoms with Gasteiger partial charge < -0.3 is 29.6 Å². The van der Waals surface area contributed by atoms with Crippen LogP contribution in [-0.2, 0) is 38.5 Å². The number of nitrogens with one attached hydrogen (secondary N) is 2. The van der Waals surface area contributed by atoms with E-state index in [0.717, 1.165) is 5.41 Å². The third-order valence-electron chi connectivity index (χ3n) is 5.98. The van der Waals surface area contributed by atoms with Crippen molar-refractivity contribution < 1.29 is 50.3 Å². The molecule has 13 nitrogen and oxygen atoms in total. The van der Waals surface area contributed by atoms with Crippen molar-refractivity contribution in [3.8, 4) is 23.0 Å². The highest BCUT2D eigenvalue weighted by Gasteiger charge is 2.24. The van der Waals surface area contributed by atoms with Gasteiger partial charge in [0.2, 0.25) is 5.91 Å². The van der Waals surface area contributed by atoms with E-state index in [-0.39, 0.29) is 38.0 Å². The van der Waals surface area contributed by atoms with Gasteiger partial charge in [-0.05, 0) is 50.5 Å². The van der Waals surface area contributed by atoms with Crippen LogP contribution in [0.15, 0.2) is 35.7 Å². The lowest BCUT2D eigenvalue weighted by atomic mass is 10.1. The average molecular weight is 659 g/mol. The summed E-state index contributed by atoms with van der Waals surface area (Å²) < 4.78 is 75.1. The van der Waals surface area contributed by atoms with E-state index in [0.29, 0.717) is 59.2 Å². The van der Waals surface area contributed by atoms with Gasteiger partial charge in [-0.3, -0.25) is 18.4 Å². The highest BCUT2D eigenvalue weighted by molar-refractivity contribution is 7.93. The minimum Gasteiger partial charge on any atom is -0.496 e. The van der Waals surface area contributed by atoms with Crippen LogP contribution >= 0.6 is 7.82 Å². The van der Waals surface area contributed by atoms with Crippen LogP contribution in [0, 0.1) is 0 Å². The summed E-state index contributed by atoms with van der Waals surface area (Å²) in [5.41, 5.74) is 1.41. The number of hydrogen-bond donors (Lipinski definition) is 2. The third kappa shape index (κ3) is 12.0. The van der Waals surface area contributed by atoms with Crippen LogP contribution in [0.5, 0.6) is 23.0 Å². The Labute approximate surface area is 259 Å². The lowest BCUT2D eigenvalue weighted by molar-refractivity contribution is -0.119. The van der Waals surface area contributed by atoms with E-state index in [1.165, 1.54) is 34.5 Å². The van der Waals surface area contributed by atoms with Crippen molar-refractivity contribution in [3.63, 3.8) is 0 Å². The van der Waals surface area contributed by atoms with Gasteiger partial charge in [0.25, 0.3) is 0 Å². The molecule has 15 heteroatoms. The Balaban J connectivity index is 1.96. The molecule has 0 spiro atoms. The number of phosphoric ester groups is 1. The van der Waals surface area contributed by atoms with Crippen LogP contribution in [0.1, 0.15) is 37.8 Å². The summed E-state index contributed by atoms with van der Waals surface area (Å²) in [6.07, 6.45) is 2.54. The molecular formula is C29H43N2O11PS. The van der Waals surface area contributed by atoms with Crippen molar-refractivity contribution in [1.82, 2.24) is 5.32 Å². The standard InChI is InChI=1S/C29H43N2O11PS/c1-7-40-43(33,41-8-2)42-15-10-9-14-30-29(32)20-31-25-17-22(11-12-26(25)37-4)21-44(34,35)16-13-24-27(38-5)18-23(36-3)19-28(24)39-6/h11-13,16-19,31H,7-10,14-15,20-21H2,1-6H3,(H,30,32)/b16-13+. The van der Waals surface area contributed by atoms with Crippen molar-refractivity contribution in [2.24, 2.45) is 0 Å². The van der Waals surface area contributed by atoms with Crippen LogP contribution in [-0.4, -0.2) is 75.7 Å². The second-order valence-corrected chi connectivity index (χ2v) is 12.7. The van der Waals surface area contributed by atoms with Gasteiger partial charge in [-0.15, -0.1) is 0 Å². The molecule has 2 aromatic carbocycles. The monoisotopic (exact) mass is 658 g/mol. The summed E-state index contributed by atoms with van der Waals surface area (Å²) in [4.78, 5) is 12.4. The van der Waals surface area contributed by atoms with Crippen molar-refractivity contribution >= 4 is 35.3 Å². The molecule has 0 aliphatic heterocycles. The maximum atomic E-state index is 13.0. The fourth-order valence-corrected chi connectivity index (χ4v) is 6.22. The van der Waals surface area contributed by atoms with E-state index < -0.39 is 17.7 Å². The van der Waals surface area contributed by atoms with Crippen LogP contribution in [0.4, 0.5) is 5.69 Å². The molecule has 246 valence electrons. The number of amides is 1. The number of methoxy groups -OCH3 is 4. The highest BCUT2D eigenvalue weighted by Crippen LogP contribution is 2.49. The molecule has 0 aliphatic carbocycles. The van der Waals surface area contributed by atoms with Crippen LogP contribution < -0.4 is 29.6 Å². The Hall–Kier alpha value is -3.29. The smallest absolute Gasteiger partial charge is 0.474 e. The summed E-state index contributed by atoms with van der Waals surface area (Å²) in [6, 6.07) is 8.16. The Morgan fingerprint density at radius 2 is 1.50 bits per heavy atom. The van der Waals surface area contributed by atoms with Crippen LogP contribution in [0.25, 0.3) is 6.08 Å². The molecular weight excluding hydrogens is 615 g/mol. The number of anilines is 1. The molecule has 2 aromatic rings. The van der Waals surface area contributed by atoms with E-state index in [1.807, 2.05) is 0 Å². The number of benzene rings is 2. The molecule has 0 fully saturated rings. The predicted octanol–water partition coefficient (Wildman–Crippen LogP) is 4.81. The molecule has 0 heterocycles. The fraction of sp³-hybridized carbons (Fsp3) is 0.483. The molecule has 0 unspecified atom stereocenters. The summed E-state index contributed by atoms with van der Waals surface area (Å²) >= 11 is 0. The second-order valence-electron chi connectivity index (χ2n) is 9.12. The van der Waals surface area contributed by atoms with Gasteiger partial charge in [-0.25, -0.2) is 13.0 Å². The van der Waals surface area contributed by atoms with Gasteiger partial charge >= 0.3 is 7.82 Å². The van der Waals surface area contributed by atoms with E-state index in [4.69, 9.17) is 32.5 Å². The SMILES string of the molecule is CCOP(=O)(OCC)OCCCCNC(=O)CNc1cc(CS(=O)(=O)/C=C/c2c(OC)cc(OC)cc2OC)ccc1OC. The van der Waals surface area contributed by atoms with E-state index in [2.05, 4.69) is 10.6 Å². The minimum atomic E-state index is -3.72. The van der Waals surface area contributed by atoms with Crippen molar-refractivity contribution in [2.45, 2.75) is 32.4 Å². The maximum absolute atomic E-state index is 13.0. The Kier molecular flexibility index (Phi) is 15.5. The quantitative estimate of drug-likeness (QED) is 0.140. The molecule has 0 atom stereocenters. The summed E-state index contributed by atoms with van der Waals surface area (Å²) in [5.74, 6) is 1.17. The third-order valence-corrected chi connectivity index (χ3v) is 8.92. The molecule has 0 saturated heterocycles. The molecule has 0 saturated carbocycles. The van der Waals surface area contributed by atoms with Gasteiger partial charge in [-0.2, -0.15) is 0 Å². The Bertz CT molecular complexity index is 1360. The molecule has 1 amide bonds. The Morgan fingerprint density at radius 1 is 0.864 bits per heavy atom. The lowest BCUT2D eigenvalue weighted by Gasteiger charge is -2.16. The van der Waals surface area contributed by atoms with Crippen LogP contribution in [0.3, 0.4) is 0 Å². The van der Waals surface area contributed by atoms with Gasteiger partial charge in [0.1, 0.15) is 23.0 Å². The first kappa shape index (κ1) is 36.9. The predicted molar refractivity (Wildman–Crippen MR) is 168 cm³/mol. The van der Waals surface area contributed by atoms with Crippen LogP contribution in [0.2, 0.25) is 0 Å². The first-order valence-corrected chi connectivity index (χ1v) is 17.1. The van der Waals surface area contributed by atoms with Crippen molar-refractivity contribution in [1.29, 1.82) is 0 Å². The zero-order chi connectivity index (χ0) is 32.6. The number of carbonyl (C=O) groups is 1. The van der Waals surface area contributed by atoms with Crippen molar-refractivity contribution in [3.05, 3.63) is 46.9 Å².